The largest absolute Gasteiger partial charge is 0.508 e. The van der Waals surface area contributed by atoms with Crippen molar-refractivity contribution in [2.24, 2.45) is 11.7 Å². The molecule has 0 aromatic heterocycles. The third-order valence-electron chi connectivity index (χ3n) is 11.0. The second-order valence-corrected chi connectivity index (χ2v) is 15.7. The summed E-state index contributed by atoms with van der Waals surface area (Å²) in [6, 6.07) is -3.72. The van der Waals surface area contributed by atoms with Crippen LogP contribution in [0.1, 0.15) is 71.3 Å². The number of nitrogens with two attached hydrogens (primary N) is 1. The number of nitrogens with one attached hydrogen (secondary N) is 3. The number of phenols is 1. The minimum Gasteiger partial charge on any atom is -0.508 e. The van der Waals surface area contributed by atoms with Crippen LogP contribution in [-0.2, 0) is 35.2 Å². The molecule has 0 radical (unpaired) electrons. The highest BCUT2D eigenvalue weighted by molar-refractivity contribution is 5.98. The Morgan fingerprint density at radius 2 is 1.32 bits per heavy atom. The summed E-state index contributed by atoms with van der Waals surface area (Å²) in [5.41, 5.74) is 6.48. The third-order valence-corrected chi connectivity index (χ3v) is 11.0. The van der Waals surface area contributed by atoms with E-state index in [0.29, 0.717) is 24.8 Å². The number of aliphatic hydroxyl groups is 6. The molecule has 3 saturated heterocycles. The van der Waals surface area contributed by atoms with Crippen LogP contribution in [0.5, 0.6) is 5.75 Å². The normalized spacial score (nSPS) is 33.6. The molecular weight excluding hydrogens is 748 g/mol. The van der Waals surface area contributed by atoms with E-state index in [4.69, 9.17) is 5.73 Å². The summed E-state index contributed by atoms with van der Waals surface area (Å²) < 4.78 is 0. The number of ketones is 1. The maximum absolute atomic E-state index is 14.1. The van der Waals surface area contributed by atoms with Gasteiger partial charge in [-0.3, -0.25) is 28.8 Å². The van der Waals surface area contributed by atoms with Crippen molar-refractivity contribution in [1.29, 1.82) is 0 Å². The lowest BCUT2D eigenvalue weighted by atomic mass is 9.96. The molecule has 19 nitrogen and oxygen atoms in total. The molecule has 318 valence electrons. The monoisotopic (exact) mass is 806 g/mol. The second-order valence-electron chi connectivity index (χ2n) is 15.7. The fraction of sp³-hybridized carbons (Fsp3) is 0.684. The number of benzene rings is 1. The average Bonchev–Trinajstić information content (AvgIpc) is 3.69. The number of amides is 5. The van der Waals surface area contributed by atoms with Gasteiger partial charge in [-0.25, -0.2) is 0 Å². The molecule has 3 fully saturated rings. The molecular formula is C38H58N6O13. The first-order valence-electron chi connectivity index (χ1n) is 19.5. The Hall–Kier alpha value is -4.24. The van der Waals surface area contributed by atoms with Crippen molar-refractivity contribution in [3.8, 4) is 5.75 Å². The molecule has 0 saturated carbocycles. The van der Waals surface area contributed by atoms with Crippen LogP contribution in [0.2, 0.25) is 0 Å². The van der Waals surface area contributed by atoms with E-state index in [1.165, 1.54) is 38.1 Å². The minimum atomic E-state index is -1.86. The number of hydrogen-bond donors (Lipinski definition) is 11. The van der Waals surface area contributed by atoms with E-state index in [2.05, 4.69) is 16.0 Å². The zero-order valence-corrected chi connectivity index (χ0v) is 32.4. The number of aliphatic hydroxyl groups excluding tert-OH is 6. The van der Waals surface area contributed by atoms with Crippen molar-refractivity contribution in [3.63, 3.8) is 0 Å². The fourth-order valence-electron chi connectivity index (χ4n) is 7.66. The molecule has 3 heterocycles. The molecule has 0 aliphatic carbocycles. The zero-order valence-electron chi connectivity index (χ0n) is 32.4. The fourth-order valence-corrected chi connectivity index (χ4v) is 7.66. The lowest BCUT2D eigenvalue weighted by molar-refractivity contribution is -0.146. The lowest BCUT2D eigenvalue weighted by Crippen LogP contribution is -2.63. The van der Waals surface area contributed by atoms with Gasteiger partial charge in [0.15, 0.2) is 5.78 Å². The molecule has 13 atom stereocenters. The number of Topliss-reactive ketones (excluding diaryl/α,β-unsaturated/α-hetero) is 1. The number of hydrogen-bond acceptors (Lipinski definition) is 14. The van der Waals surface area contributed by atoms with Crippen molar-refractivity contribution in [1.82, 2.24) is 25.8 Å². The number of rotatable bonds is 5. The molecule has 57 heavy (non-hydrogen) atoms. The van der Waals surface area contributed by atoms with Gasteiger partial charge in [0, 0.05) is 38.3 Å². The number of aromatic hydroxyl groups is 1. The van der Waals surface area contributed by atoms with Gasteiger partial charge in [-0.05, 0) is 50.8 Å². The Bertz CT molecular complexity index is 1590. The molecule has 4 rings (SSSR count). The van der Waals surface area contributed by atoms with Gasteiger partial charge in [0.1, 0.15) is 36.0 Å². The first kappa shape index (κ1) is 45.5. The van der Waals surface area contributed by atoms with Crippen molar-refractivity contribution in [2.45, 2.75) is 145 Å². The SMILES string of the molecule is C[C@@H](O)[C@@H]1NC(=O)[C@H]([C@H](O)Cc2ccc(O)cc2)NC(=O)[C@@H]2C[C@@H](O)CN2C(=O)[C@H]([C@@H](C)O)NC(=O)C(N)C[C@@H](O)CCCCCC(=O)[C@@H]2[C@@H](O)[C@@H](C)CN2C1=O. The molecule has 1 aromatic rings. The van der Waals surface area contributed by atoms with Gasteiger partial charge in [-0.1, -0.05) is 31.9 Å². The molecule has 5 amide bonds. The van der Waals surface area contributed by atoms with Crippen LogP contribution in [0.3, 0.4) is 0 Å². The molecule has 19 heteroatoms. The number of nitrogens with zero attached hydrogens (tertiary/aromatic N) is 2. The lowest BCUT2D eigenvalue weighted by Gasteiger charge is -2.33. The molecule has 3 aliphatic rings. The molecule has 0 bridgehead atoms. The Morgan fingerprint density at radius 1 is 0.737 bits per heavy atom. The van der Waals surface area contributed by atoms with Crippen molar-refractivity contribution in [2.75, 3.05) is 13.1 Å². The predicted octanol–water partition coefficient (Wildman–Crippen LogP) is -3.71. The molecule has 1 unspecified atom stereocenters. The van der Waals surface area contributed by atoms with Crippen LogP contribution in [0.4, 0.5) is 0 Å². The number of carbonyl (C=O) groups excluding carboxylic acids is 6. The van der Waals surface area contributed by atoms with Crippen LogP contribution >= 0.6 is 0 Å². The Balaban J connectivity index is 1.71. The third kappa shape index (κ3) is 11.5. The van der Waals surface area contributed by atoms with Crippen LogP contribution in [-0.4, -0.2) is 167 Å². The number of fused-ring (bicyclic) bond motifs is 2. The molecule has 3 aliphatic heterocycles. The molecule has 12 N–H and O–H groups in total. The van der Waals surface area contributed by atoms with Crippen LogP contribution < -0.4 is 21.7 Å². The predicted molar refractivity (Wildman–Crippen MR) is 200 cm³/mol. The summed E-state index contributed by atoms with van der Waals surface area (Å²) in [6.45, 7) is 3.58. The van der Waals surface area contributed by atoms with Gasteiger partial charge >= 0.3 is 0 Å². The van der Waals surface area contributed by atoms with Gasteiger partial charge in [-0.15, -0.1) is 0 Å². The molecule has 1 aromatic carbocycles. The van der Waals surface area contributed by atoms with E-state index in [-0.39, 0.29) is 44.4 Å². The maximum atomic E-state index is 14.1. The Kier molecular flexibility index (Phi) is 15.9. The van der Waals surface area contributed by atoms with E-state index < -0.39 is 121 Å². The van der Waals surface area contributed by atoms with Crippen molar-refractivity contribution >= 4 is 35.3 Å². The summed E-state index contributed by atoms with van der Waals surface area (Å²) in [5.74, 6) is -5.98. The average molecular weight is 807 g/mol. The highest BCUT2D eigenvalue weighted by Gasteiger charge is 2.48. The summed E-state index contributed by atoms with van der Waals surface area (Å²) in [4.78, 5) is 84.6. The first-order chi connectivity index (χ1) is 26.8. The number of carbonyl (C=O) groups is 6. The van der Waals surface area contributed by atoms with Crippen LogP contribution in [0.25, 0.3) is 0 Å². The van der Waals surface area contributed by atoms with E-state index >= 15 is 0 Å². The van der Waals surface area contributed by atoms with Crippen molar-refractivity contribution < 1.29 is 64.5 Å². The van der Waals surface area contributed by atoms with E-state index in [9.17, 15) is 64.5 Å². The zero-order chi connectivity index (χ0) is 42.3. The van der Waals surface area contributed by atoms with Crippen LogP contribution in [0.15, 0.2) is 24.3 Å². The highest BCUT2D eigenvalue weighted by atomic mass is 16.3. The Labute approximate surface area is 330 Å². The summed E-state index contributed by atoms with van der Waals surface area (Å²) in [7, 11) is 0. The molecule has 0 spiro atoms. The van der Waals surface area contributed by atoms with E-state index in [0.717, 1.165) is 9.80 Å². The van der Waals surface area contributed by atoms with Gasteiger partial charge in [0.25, 0.3) is 0 Å². The van der Waals surface area contributed by atoms with Crippen molar-refractivity contribution in [3.05, 3.63) is 29.8 Å². The summed E-state index contributed by atoms with van der Waals surface area (Å²) >= 11 is 0. The van der Waals surface area contributed by atoms with E-state index in [1.54, 1.807) is 6.92 Å². The number of phenolic OH excluding ortho intramolecular Hbond substituents is 1. The smallest absolute Gasteiger partial charge is 0.248 e. The van der Waals surface area contributed by atoms with Gasteiger partial charge in [-0.2, -0.15) is 0 Å². The highest BCUT2D eigenvalue weighted by Crippen LogP contribution is 2.28. The topological polar surface area (TPSA) is 313 Å². The summed E-state index contributed by atoms with van der Waals surface area (Å²) in [6.07, 6.45) is -7.77. The minimum absolute atomic E-state index is 0.0405. The van der Waals surface area contributed by atoms with E-state index in [1.807, 2.05) is 0 Å². The quantitative estimate of drug-likeness (QED) is 0.137. The summed E-state index contributed by atoms with van der Waals surface area (Å²) in [5, 5.41) is 82.0. The first-order valence-corrected chi connectivity index (χ1v) is 19.5. The standard InChI is InChI=1S/C38H58N6O13/c1-18-16-44-32(33(18)52)27(50)8-6-4-5-7-23(48)14-25(39)34(53)40-29(19(2)45)37(56)43-17-24(49)15-26(43)35(54)42-31(36(55)41-30(20(3)46)38(44)57)28(51)13-21-9-11-22(47)12-10-21/h9-12,18-20,23-26,28-33,45-49,51-52H,4-8,13-17,39H2,1-3H3,(H,40,53)(H,41,55)(H,42,54)/t18-,19+,20+,23-,24+,25?,26-,28+,29-,30-,31-,32+,33-/m0/s1. The van der Waals surface area contributed by atoms with Gasteiger partial charge in [0.2, 0.25) is 29.5 Å². The maximum Gasteiger partial charge on any atom is 0.248 e. The Morgan fingerprint density at radius 3 is 1.93 bits per heavy atom. The van der Waals surface area contributed by atoms with Gasteiger partial charge < -0.3 is 67.2 Å². The van der Waals surface area contributed by atoms with Crippen LogP contribution in [0, 0.1) is 5.92 Å². The second kappa shape index (κ2) is 20.0. The van der Waals surface area contributed by atoms with Gasteiger partial charge in [0.05, 0.1) is 42.7 Å².